The van der Waals surface area contributed by atoms with Crippen LogP contribution in [0.5, 0.6) is 0 Å². The molecule has 0 aliphatic carbocycles. The number of nitrogens with zero attached hydrogens (tertiary/aromatic N) is 4. The summed E-state index contributed by atoms with van der Waals surface area (Å²) in [4.78, 5) is 13.6. The third-order valence-corrected chi connectivity index (χ3v) is 3.45. The molecule has 0 aliphatic rings. The Morgan fingerprint density at radius 2 is 1.80 bits per heavy atom. The van der Waals surface area contributed by atoms with Gasteiger partial charge >= 0.3 is 0 Å². The smallest absolute Gasteiger partial charge is 0.262 e. The maximum atomic E-state index is 12.2. The Labute approximate surface area is 145 Å². The van der Waals surface area contributed by atoms with Gasteiger partial charge in [0.25, 0.3) is 5.91 Å². The molecular formula is C19H15N5O. The molecule has 6 nitrogen and oxygen atoms in total. The van der Waals surface area contributed by atoms with Crippen LogP contribution in [-0.2, 0) is 11.3 Å². The van der Waals surface area contributed by atoms with Gasteiger partial charge in [-0.2, -0.15) is 15.2 Å². The number of benzene rings is 2. The van der Waals surface area contributed by atoms with Crippen molar-refractivity contribution >= 4 is 12.0 Å². The van der Waals surface area contributed by atoms with Gasteiger partial charge in [-0.05, 0) is 23.8 Å². The molecule has 0 bridgehead atoms. The molecule has 1 heterocycles. The van der Waals surface area contributed by atoms with E-state index in [0.717, 1.165) is 11.3 Å². The summed E-state index contributed by atoms with van der Waals surface area (Å²) >= 11 is 0. The lowest BCUT2D eigenvalue weighted by molar-refractivity contribution is -0.117. The third kappa shape index (κ3) is 4.18. The summed E-state index contributed by atoms with van der Waals surface area (Å²) < 4.78 is 0. The van der Waals surface area contributed by atoms with Crippen molar-refractivity contribution in [1.29, 1.82) is 5.26 Å². The van der Waals surface area contributed by atoms with Crippen LogP contribution in [0.1, 0.15) is 11.3 Å². The fourth-order valence-corrected chi connectivity index (χ4v) is 2.20. The van der Waals surface area contributed by atoms with Gasteiger partial charge in [0.05, 0.1) is 11.9 Å². The molecule has 0 atom stereocenters. The number of rotatable bonds is 5. The number of para-hydroxylation sites is 1. The molecule has 1 amide bonds. The SMILES string of the molecule is N#C/C(=C\c1cnn(-c2ccccc2)n1)C(=O)NCc1ccccc1. The van der Waals surface area contributed by atoms with Crippen molar-refractivity contribution in [3.05, 3.63) is 83.7 Å². The van der Waals surface area contributed by atoms with Gasteiger partial charge in [-0.25, -0.2) is 0 Å². The molecule has 6 heteroatoms. The summed E-state index contributed by atoms with van der Waals surface area (Å²) in [6, 6.07) is 20.8. The van der Waals surface area contributed by atoms with Gasteiger partial charge in [0.2, 0.25) is 0 Å². The number of hydrogen-bond donors (Lipinski definition) is 1. The lowest BCUT2D eigenvalue weighted by atomic mass is 10.2. The Balaban J connectivity index is 1.71. The van der Waals surface area contributed by atoms with E-state index in [1.54, 1.807) is 0 Å². The van der Waals surface area contributed by atoms with Crippen LogP contribution in [0.4, 0.5) is 0 Å². The largest absolute Gasteiger partial charge is 0.347 e. The summed E-state index contributed by atoms with van der Waals surface area (Å²) in [6.07, 6.45) is 2.93. The van der Waals surface area contributed by atoms with Gasteiger partial charge in [0.1, 0.15) is 17.3 Å². The normalized spacial score (nSPS) is 10.9. The van der Waals surface area contributed by atoms with E-state index in [-0.39, 0.29) is 5.57 Å². The summed E-state index contributed by atoms with van der Waals surface area (Å²) in [7, 11) is 0. The molecule has 0 spiro atoms. The lowest BCUT2D eigenvalue weighted by Crippen LogP contribution is -2.23. The standard InChI is InChI=1S/C19H15N5O/c20-12-16(19(25)21-13-15-7-3-1-4-8-15)11-17-14-22-24(23-17)18-9-5-2-6-10-18/h1-11,14H,13H2,(H,21,25)/b16-11+. The average molecular weight is 329 g/mol. The van der Waals surface area contributed by atoms with E-state index in [1.807, 2.05) is 66.7 Å². The van der Waals surface area contributed by atoms with E-state index >= 15 is 0 Å². The van der Waals surface area contributed by atoms with Crippen molar-refractivity contribution in [1.82, 2.24) is 20.3 Å². The molecule has 0 unspecified atom stereocenters. The molecule has 0 fully saturated rings. The highest BCUT2D eigenvalue weighted by Gasteiger charge is 2.10. The zero-order valence-electron chi connectivity index (χ0n) is 13.3. The highest BCUT2D eigenvalue weighted by atomic mass is 16.1. The van der Waals surface area contributed by atoms with Crippen LogP contribution < -0.4 is 5.32 Å². The van der Waals surface area contributed by atoms with Gasteiger partial charge in [0.15, 0.2) is 0 Å². The first-order chi connectivity index (χ1) is 12.3. The summed E-state index contributed by atoms with van der Waals surface area (Å²) in [5.74, 6) is -0.444. The second kappa shape index (κ2) is 7.70. The van der Waals surface area contributed by atoms with Crippen LogP contribution in [0, 0.1) is 11.3 Å². The minimum absolute atomic E-state index is 0.0176. The number of nitriles is 1. The summed E-state index contributed by atoms with van der Waals surface area (Å²) in [5, 5.41) is 20.4. The zero-order valence-corrected chi connectivity index (χ0v) is 13.3. The monoisotopic (exact) mass is 329 g/mol. The molecule has 0 radical (unpaired) electrons. The minimum Gasteiger partial charge on any atom is -0.347 e. The maximum absolute atomic E-state index is 12.2. The van der Waals surface area contributed by atoms with E-state index in [0.29, 0.717) is 12.2 Å². The van der Waals surface area contributed by atoms with Gasteiger partial charge in [-0.3, -0.25) is 4.79 Å². The zero-order chi connectivity index (χ0) is 17.5. The predicted molar refractivity (Wildman–Crippen MR) is 93.2 cm³/mol. The van der Waals surface area contributed by atoms with Crippen molar-refractivity contribution in [2.75, 3.05) is 0 Å². The lowest BCUT2D eigenvalue weighted by Gasteiger charge is -2.03. The molecule has 3 rings (SSSR count). The summed E-state index contributed by atoms with van der Waals surface area (Å²) in [6.45, 7) is 0.357. The third-order valence-electron chi connectivity index (χ3n) is 3.45. The van der Waals surface area contributed by atoms with E-state index in [2.05, 4.69) is 15.5 Å². The summed E-state index contributed by atoms with van der Waals surface area (Å²) in [5.41, 5.74) is 2.18. The Morgan fingerprint density at radius 3 is 2.48 bits per heavy atom. The van der Waals surface area contributed by atoms with Crippen LogP contribution in [0.3, 0.4) is 0 Å². The van der Waals surface area contributed by atoms with Gasteiger partial charge in [-0.15, -0.1) is 5.10 Å². The Morgan fingerprint density at radius 1 is 1.12 bits per heavy atom. The Bertz CT molecular complexity index is 923. The van der Waals surface area contributed by atoms with Gasteiger partial charge < -0.3 is 5.32 Å². The van der Waals surface area contributed by atoms with Crippen molar-refractivity contribution < 1.29 is 4.79 Å². The van der Waals surface area contributed by atoms with Gasteiger partial charge in [0, 0.05) is 6.54 Å². The highest BCUT2D eigenvalue weighted by Crippen LogP contribution is 2.08. The molecule has 1 aromatic heterocycles. The van der Waals surface area contributed by atoms with Crippen LogP contribution in [0.2, 0.25) is 0 Å². The first-order valence-electron chi connectivity index (χ1n) is 7.68. The van der Waals surface area contributed by atoms with Crippen molar-refractivity contribution in [3.63, 3.8) is 0 Å². The number of carbonyl (C=O) groups is 1. The van der Waals surface area contributed by atoms with Crippen LogP contribution in [0.15, 0.2) is 72.4 Å². The molecule has 122 valence electrons. The topological polar surface area (TPSA) is 83.6 Å². The molecule has 0 aliphatic heterocycles. The van der Waals surface area contributed by atoms with E-state index < -0.39 is 5.91 Å². The second-order valence-corrected chi connectivity index (χ2v) is 5.23. The average Bonchev–Trinajstić information content (AvgIpc) is 3.14. The molecule has 25 heavy (non-hydrogen) atoms. The quantitative estimate of drug-likeness (QED) is 0.576. The van der Waals surface area contributed by atoms with Crippen LogP contribution in [0.25, 0.3) is 11.8 Å². The molecule has 0 saturated carbocycles. The second-order valence-electron chi connectivity index (χ2n) is 5.23. The van der Waals surface area contributed by atoms with Crippen molar-refractivity contribution in [2.45, 2.75) is 6.54 Å². The number of aromatic nitrogens is 3. The molecule has 0 saturated heterocycles. The first kappa shape index (κ1) is 16.1. The molecular weight excluding hydrogens is 314 g/mol. The van der Waals surface area contributed by atoms with Crippen LogP contribution >= 0.6 is 0 Å². The number of hydrogen-bond acceptors (Lipinski definition) is 4. The number of amides is 1. The van der Waals surface area contributed by atoms with Crippen molar-refractivity contribution in [3.8, 4) is 11.8 Å². The fourth-order valence-electron chi connectivity index (χ4n) is 2.20. The molecule has 3 aromatic rings. The predicted octanol–water partition coefficient (Wildman–Crippen LogP) is 2.49. The maximum Gasteiger partial charge on any atom is 0.262 e. The van der Waals surface area contributed by atoms with E-state index in [4.69, 9.17) is 0 Å². The Kier molecular flexibility index (Phi) is 4.98. The van der Waals surface area contributed by atoms with Crippen LogP contribution in [-0.4, -0.2) is 20.9 Å². The van der Waals surface area contributed by atoms with E-state index in [9.17, 15) is 10.1 Å². The molecule has 2 aromatic carbocycles. The fraction of sp³-hybridized carbons (Fsp3) is 0.0526. The van der Waals surface area contributed by atoms with E-state index in [1.165, 1.54) is 17.1 Å². The van der Waals surface area contributed by atoms with Gasteiger partial charge in [-0.1, -0.05) is 48.5 Å². The Hall–Kier alpha value is -3.72. The number of carbonyl (C=O) groups excluding carboxylic acids is 1. The van der Waals surface area contributed by atoms with Crippen molar-refractivity contribution in [2.24, 2.45) is 0 Å². The minimum atomic E-state index is -0.444. The highest BCUT2D eigenvalue weighted by molar-refractivity contribution is 6.01. The first-order valence-corrected chi connectivity index (χ1v) is 7.68. The number of nitrogens with one attached hydrogen (secondary N) is 1. The molecule has 1 N–H and O–H groups in total.